The summed E-state index contributed by atoms with van der Waals surface area (Å²) in [6, 6.07) is 7.57. The molecule has 1 fully saturated rings. The third kappa shape index (κ3) is 3.52. The minimum Gasteiger partial charge on any atom is -0.478 e. The molecule has 4 rings (SSSR count). The van der Waals surface area contributed by atoms with Gasteiger partial charge in [-0.2, -0.15) is 0 Å². The average Bonchev–Trinajstić information content (AvgIpc) is 3.07. The van der Waals surface area contributed by atoms with Crippen molar-refractivity contribution in [3.05, 3.63) is 41.2 Å². The first-order chi connectivity index (χ1) is 12.6. The third-order valence-corrected chi connectivity index (χ3v) is 5.71. The molecular formula is C20H26N4O2. The van der Waals surface area contributed by atoms with Gasteiger partial charge in [0.05, 0.1) is 17.0 Å². The van der Waals surface area contributed by atoms with Gasteiger partial charge in [-0.3, -0.25) is 4.90 Å². The Morgan fingerprint density at radius 3 is 2.81 bits per heavy atom. The van der Waals surface area contributed by atoms with Crippen LogP contribution < -0.4 is 0 Å². The molecule has 6 heteroatoms. The van der Waals surface area contributed by atoms with Crippen LogP contribution in [-0.4, -0.2) is 63.6 Å². The Bertz CT molecular complexity index is 784. The van der Waals surface area contributed by atoms with Gasteiger partial charge in [0, 0.05) is 37.7 Å². The number of carboxylic acid groups (broad SMARTS) is 1. The van der Waals surface area contributed by atoms with Crippen molar-refractivity contribution in [2.45, 2.75) is 38.3 Å². The summed E-state index contributed by atoms with van der Waals surface area (Å²) in [5.74, 6) is -0.0674. The molecule has 2 aliphatic rings. The van der Waals surface area contributed by atoms with E-state index in [1.165, 1.54) is 31.5 Å². The fourth-order valence-electron chi connectivity index (χ4n) is 4.09. The van der Waals surface area contributed by atoms with Crippen LogP contribution >= 0.6 is 0 Å². The lowest BCUT2D eigenvalue weighted by Gasteiger charge is -2.37. The van der Waals surface area contributed by atoms with Gasteiger partial charge >= 0.3 is 5.97 Å². The molecule has 6 nitrogen and oxygen atoms in total. The average molecular weight is 354 g/mol. The number of H-pyrrole nitrogens is 1. The minimum absolute atomic E-state index is 0.299. The molecule has 0 bridgehead atoms. The second-order valence-electron chi connectivity index (χ2n) is 7.51. The first kappa shape index (κ1) is 17.2. The number of piperidine rings is 1. The summed E-state index contributed by atoms with van der Waals surface area (Å²) >= 11 is 0. The van der Waals surface area contributed by atoms with E-state index in [2.05, 4.69) is 21.8 Å². The molecule has 2 N–H and O–H groups in total. The smallest absolute Gasteiger partial charge is 0.335 e. The van der Waals surface area contributed by atoms with Gasteiger partial charge in [0.25, 0.3) is 0 Å². The number of likely N-dealkylation sites (tertiary alicyclic amines) is 1. The number of hydrogen-bond acceptors (Lipinski definition) is 4. The molecule has 0 unspecified atom stereocenters. The predicted octanol–water partition coefficient (Wildman–Crippen LogP) is 2.62. The molecule has 26 heavy (non-hydrogen) atoms. The molecule has 0 saturated carbocycles. The molecule has 1 aromatic heterocycles. The summed E-state index contributed by atoms with van der Waals surface area (Å²) in [6.45, 7) is 4.31. The number of carbonyl (C=O) groups is 1. The summed E-state index contributed by atoms with van der Waals surface area (Å²) in [5, 5.41) is 9.03. The molecule has 2 aromatic rings. The number of hydrogen-bond donors (Lipinski definition) is 2. The zero-order chi connectivity index (χ0) is 18.1. The highest BCUT2D eigenvalue weighted by Crippen LogP contribution is 2.24. The number of benzene rings is 1. The molecule has 0 aliphatic carbocycles. The zero-order valence-corrected chi connectivity index (χ0v) is 15.2. The van der Waals surface area contributed by atoms with Crippen LogP contribution in [0, 0.1) is 0 Å². The Hall–Kier alpha value is -2.18. The monoisotopic (exact) mass is 354 g/mol. The Morgan fingerprint density at radius 2 is 2.08 bits per heavy atom. The Kier molecular flexibility index (Phi) is 4.78. The van der Waals surface area contributed by atoms with Gasteiger partial charge in [0.15, 0.2) is 0 Å². The zero-order valence-electron chi connectivity index (χ0n) is 15.2. The molecule has 0 amide bonds. The third-order valence-electron chi connectivity index (χ3n) is 5.71. The molecular weight excluding hydrogens is 328 g/mol. The first-order valence-corrected chi connectivity index (χ1v) is 9.44. The minimum atomic E-state index is -0.904. The maximum Gasteiger partial charge on any atom is 0.335 e. The van der Waals surface area contributed by atoms with Gasteiger partial charge in [-0.1, -0.05) is 18.6 Å². The Morgan fingerprint density at radius 1 is 1.27 bits per heavy atom. The number of aromatic carboxylic acids is 1. The van der Waals surface area contributed by atoms with Crippen LogP contribution in [0.15, 0.2) is 24.3 Å². The topological polar surface area (TPSA) is 72.5 Å². The van der Waals surface area contributed by atoms with Crippen molar-refractivity contribution < 1.29 is 9.90 Å². The highest BCUT2D eigenvalue weighted by Gasteiger charge is 2.25. The van der Waals surface area contributed by atoms with E-state index >= 15 is 0 Å². The van der Waals surface area contributed by atoms with E-state index in [1.54, 1.807) is 12.1 Å². The summed E-state index contributed by atoms with van der Waals surface area (Å²) < 4.78 is 0. The number of fused-ring (bicyclic) bond motifs is 1. The number of aromatic nitrogens is 2. The van der Waals surface area contributed by atoms with E-state index in [0.29, 0.717) is 11.6 Å². The van der Waals surface area contributed by atoms with E-state index in [9.17, 15) is 4.79 Å². The van der Waals surface area contributed by atoms with E-state index in [0.717, 1.165) is 43.1 Å². The number of carboxylic acids is 1. The van der Waals surface area contributed by atoms with Crippen molar-refractivity contribution in [3.63, 3.8) is 0 Å². The van der Waals surface area contributed by atoms with Gasteiger partial charge in [-0.25, -0.2) is 9.78 Å². The van der Waals surface area contributed by atoms with Crippen molar-refractivity contribution in [2.75, 3.05) is 26.7 Å². The number of rotatable bonds is 4. The Labute approximate surface area is 153 Å². The van der Waals surface area contributed by atoms with E-state index in [-0.39, 0.29) is 0 Å². The highest BCUT2D eigenvalue weighted by molar-refractivity contribution is 5.88. The standard InChI is InChI=1S/C20H26N4O2/c1-23-10-3-2-4-16(23)12-24-11-9-17-18(13-24)22-19(21-17)14-5-7-15(8-6-14)20(25)26/h5-8,16H,2-4,9-13H2,1H3,(H,21,22)(H,25,26)/t16-/m1/s1. The van der Waals surface area contributed by atoms with Crippen LogP contribution in [-0.2, 0) is 13.0 Å². The number of imidazole rings is 1. The van der Waals surface area contributed by atoms with Crippen LogP contribution in [0.25, 0.3) is 11.4 Å². The highest BCUT2D eigenvalue weighted by atomic mass is 16.4. The van der Waals surface area contributed by atoms with Gasteiger partial charge in [0.1, 0.15) is 5.82 Å². The van der Waals surface area contributed by atoms with Gasteiger partial charge < -0.3 is 15.0 Å². The summed E-state index contributed by atoms with van der Waals surface area (Å²) in [5.41, 5.74) is 3.58. The van der Waals surface area contributed by atoms with Gasteiger partial charge in [-0.05, 0) is 38.6 Å². The lowest BCUT2D eigenvalue weighted by Crippen LogP contribution is -2.46. The molecule has 1 atom stereocenters. The van der Waals surface area contributed by atoms with Crippen molar-refractivity contribution in [1.29, 1.82) is 0 Å². The molecule has 3 heterocycles. The van der Waals surface area contributed by atoms with Crippen LogP contribution in [0.2, 0.25) is 0 Å². The van der Waals surface area contributed by atoms with Crippen LogP contribution in [0.4, 0.5) is 0 Å². The fourth-order valence-corrected chi connectivity index (χ4v) is 4.09. The van der Waals surface area contributed by atoms with E-state index in [1.807, 2.05) is 12.1 Å². The summed E-state index contributed by atoms with van der Waals surface area (Å²) in [6.07, 6.45) is 4.93. The van der Waals surface area contributed by atoms with Gasteiger partial charge in [-0.15, -0.1) is 0 Å². The van der Waals surface area contributed by atoms with Crippen molar-refractivity contribution in [2.24, 2.45) is 0 Å². The number of nitrogens with one attached hydrogen (secondary N) is 1. The maximum absolute atomic E-state index is 11.0. The fraction of sp³-hybridized carbons (Fsp3) is 0.500. The first-order valence-electron chi connectivity index (χ1n) is 9.44. The number of nitrogens with zero attached hydrogens (tertiary/aromatic N) is 3. The van der Waals surface area contributed by atoms with E-state index < -0.39 is 5.97 Å². The SMILES string of the molecule is CN1CCCC[C@@H]1CN1CCc2nc(-c3ccc(C(=O)O)cc3)[nH]c2C1. The molecule has 2 aliphatic heterocycles. The quantitative estimate of drug-likeness (QED) is 0.883. The number of likely N-dealkylation sites (N-methyl/N-ethyl adjacent to an activating group) is 1. The van der Waals surface area contributed by atoms with Crippen LogP contribution in [0.1, 0.15) is 41.0 Å². The lowest BCUT2D eigenvalue weighted by atomic mass is 10.0. The van der Waals surface area contributed by atoms with Crippen molar-refractivity contribution in [3.8, 4) is 11.4 Å². The van der Waals surface area contributed by atoms with E-state index in [4.69, 9.17) is 10.1 Å². The van der Waals surface area contributed by atoms with Crippen LogP contribution in [0.3, 0.4) is 0 Å². The molecule has 0 spiro atoms. The second-order valence-corrected chi connectivity index (χ2v) is 7.51. The Balaban J connectivity index is 1.46. The molecule has 1 aromatic carbocycles. The molecule has 0 radical (unpaired) electrons. The molecule has 1 saturated heterocycles. The van der Waals surface area contributed by atoms with Crippen molar-refractivity contribution >= 4 is 5.97 Å². The predicted molar refractivity (Wildman–Crippen MR) is 100 cm³/mol. The number of aromatic amines is 1. The van der Waals surface area contributed by atoms with Crippen LogP contribution in [0.5, 0.6) is 0 Å². The molecule has 138 valence electrons. The van der Waals surface area contributed by atoms with Gasteiger partial charge in [0.2, 0.25) is 0 Å². The van der Waals surface area contributed by atoms with Crippen molar-refractivity contribution in [1.82, 2.24) is 19.8 Å². The summed E-state index contributed by atoms with van der Waals surface area (Å²) in [4.78, 5) is 24.2. The second kappa shape index (κ2) is 7.21. The maximum atomic E-state index is 11.0. The largest absolute Gasteiger partial charge is 0.478 e. The summed E-state index contributed by atoms with van der Waals surface area (Å²) in [7, 11) is 2.24. The lowest BCUT2D eigenvalue weighted by molar-refractivity contribution is 0.0697. The normalized spacial score (nSPS) is 21.5.